The van der Waals surface area contributed by atoms with Gasteiger partial charge in [0.05, 0.1) is 18.0 Å². The Hall–Kier alpha value is -3.28. The lowest BCUT2D eigenvalue weighted by Crippen LogP contribution is -2.17. The van der Waals surface area contributed by atoms with Crippen LogP contribution >= 0.6 is 0 Å². The number of rotatable bonds is 2. The lowest BCUT2D eigenvalue weighted by molar-refractivity contribution is 0.555. The number of aromatic nitrogens is 5. The Balaban J connectivity index is 2.28. The van der Waals surface area contributed by atoms with Gasteiger partial charge in [0.15, 0.2) is 17.2 Å². The van der Waals surface area contributed by atoms with Gasteiger partial charge in [-0.05, 0) is 5.41 Å². The molecule has 0 aliphatic heterocycles. The second-order valence-corrected chi connectivity index (χ2v) is 9.13. The summed E-state index contributed by atoms with van der Waals surface area (Å²) in [6.07, 6.45) is 1.62. The molecule has 0 N–H and O–H groups in total. The molecule has 3 rings (SSSR count). The molecule has 0 spiro atoms. The summed E-state index contributed by atoms with van der Waals surface area (Å²) in [6, 6.07) is 1.46. The lowest BCUT2D eigenvalue weighted by Gasteiger charge is -2.15. The zero-order valence-electron chi connectivity index (χ0n) is 18.1. The summed E-state index contributed by atoms with van der Waals surface area (Å²) in [7, 11) is 3.42. The van der Waals surface area contributed by atoms with E-state index in [0.717, 1.165) is 0 Å². The molecule has 0 aliphatic carbocycles. The highest BCUT2D eigenvalue weighted by Crippen LogP contribution is 2.40. The third kappa shape index (κ3) is 3.46. The molecule has 0 amide bonds. The first-order valence-corrected chi connectivity index (χ1v) is 9.31. The highest BCUT2D eigenvalue weighted by atomic mass is 16.1. The van der Waals surface area contributed by atoms with Crippen molar-refractivity contribution in [2.75, 3.05) is 0 Å². The molecule has 0 fully saturated rings. The second kappa shape index (κ2) is 6.65. The maximum Gasteiger partial charge on any atom is 0.255 e. The molecule has 0 aliphatic rings. The summed E-state index contributed by atoms with van der Waals surface area (Å²) in [5.74, 6) is 0.380. The van der Waals surface area contributed by atoms with E-state index >= 15 is 0 Å². The maximum atomic E-state index is 12.2. The first kappa shape index (κ1) is 20.5. The Bertz CT molecular complexity index is 1220. The van der Waals surface area contributed by atoms with E-state index in [1.54, 1.807) is 29.5 Å². The molecule has 9 nitrogen and oxygen atoms in total. The Kier molecular flexibility index (Phi) is 4.69. The van der Waals surface area contributed by atoms with Gasteiger partial charge in [0.2, 0.25) is 0 Å². The normalized spacial score (nSPS) is 12.8. The van der Waals surface area contributed by atoms with Gasteiger partial charge in [-0.3, -0.25) is 14.0 Å². The van der Waals surface area contributed by atoms with Crippen molar-refractivity contribution in [3.05, 3.63) is 45.4 Å². The molecule has 152 valence electrons. The van der Waals surface area contributed by atoms with E-state index in [9.17, 15) is 4.79 Å². The molecule has 0 radical (unpaired) electrons. The fraction of sp³-hybridized carbons (Fsp3) is 0.500. The number of hydrogen-bond acceptors (Lipinski definition) is 5. The van der Waals surface area contributed by atoms with Crippen molar-refractivity contribution in [1.29, 1.82) is 0 Å². The number of azo groups is 1. The monoisotopic (exact) mass is 394 g/mol. The molecule has 0 aromatic carbocycles. The molecule has 3 aromatic heterocycles. The van der Waals surface area contributed by atoms with Crippen LogP contribution in [-0.2, 0) is 24.9 Å². The topological polar surface area (TPSA) is 86.2 Å². The van der Waals surface area contributed by atoms with Gasteiger partial charge >= 0.3 is 0 Å². The van der Waals surface area contributed by atoms with Crippen LogP contribution in [-0.4, -0.2) is 24.0 Å². The molecule has 3 aromatic rings. The Morgan fingerprint density at radius 2 is 1.62 bits per heavy atom. The van der Waals surface area contributed by atoms with Gasteiger partial charge in [0.25, 0.3) is 11.2 Å². The van der Waals surface area contributed by atoms with Crippen molar-refractivity contribution in [3.63, 3.8) is 0 Å². The van der Waals surface area contributed by atoms with Gasteiger partial charge in [-0.25, -0.2) is 9.36 Å². The lowest BCUT2D eigenvalue weighted by atomic mass is 9.91. The van der Waals surface area contributed by atoms with Crippen molar-refractivity contribution < 1.29 is 0 Å². The first-order chi connectivity index (χ1) is 13.4. The van der Waals surface area contributed by atoms with Gasteiger partial charge in [0, 0.05) is 31.8 Å². The minimum atomic E-state index is -0.317. The van der Waals surface area contributed by atoms with E-state index in [1.807, 2.05) is 41.5 Å². The molecular weight excluding hydrogens is 368 g/mol. The number of fused-ring (bicyclic) bond motifs is 1. The molecule has 0 atom stereocenters. The third-order valence-corrected chi connectivity index (χ3v) is 4.64. The highest BCUT2D eigenvalue weighted by molar-refractivity contribution is 5.70. The average Bonchev–Trinajstić information content (AvgIpc) is 3.14. The quantitative estimate of drug-likeness (QED) is 0.479. The second-order valence-electron chi connectivity index (χ2n) is 9.13. The van der Waals surface area contributed by atoms with Crippen molar-refractivity contribution in [2.45, 2.75) is 52.4 Å². The van der Waals surface area contributed by atoms with Crippen LogP contribution in [0.5, 0.6) is 0 Å². The molecule has 29 heavy (non-hydrogen) atoms. The van der Waals surface area contributed by atoms with Crippen LogP contribution in [0.3, 0.4) is 0 Å². The summed E-state index contributed by atoms with van der Waals surface area (Å²) in [5, 5.41) is 18.0. The summed E-state index contributed by atoms with van der Waals surface area (Å²) < 4.78 is 4.70. The fourth-order valence-electron chi connectivity index (χ4n) is 3.10. The van der Waals surface area contributed by atoms with Crippen LogP contribution in [0.25, 0.3) is 10.5 Å². The van der Waals surface area contributed by atoms with Gasteiger partial charge in [0.1, 0.15) is 0 Å². The van der Waals surface area contributed by atoms with Crippen molar-refractivity contribution in [3.8, 4) is 0 Å². The van der Waals surface area contributed by atoms with E-state index < -0.39 is 0 Å². The highest BCUT2D eigenvalue weighted by Gasteiger charge is 2.28. The van der Waals surface area contributed by atoms with Crippen LogP contribution in [0.1, 0.15) is 52.9 Å². The molecule has 9 heteroatoms. The summed E-state index contributed by atoms with van der Waals surface area (Å²) in [6.45, 7) is 19.7. The molecule has 0 bridgehead atoms. The number of nitrogens with zero attached hydrogens (tertiary/aromatic N) is 8. The van der Waals surface area contributed by atoms with Crippen molar-refractivity contribution in [2.24, 2.45) is 24.3 Å². The Labute approximate surface area is 169 Å². The fourth-order valence-corrected chi connectivity index (χ4v) is 3.10. The zero-order chi connectivity index (χ0) is 21.7. The van der Waals surface area contributed by atoms with E-state index in [1.165, 1.54) is 10.6 Å². The molecule has 0 saturated carbocycles. The van der Waals surface area contributed by atoms with E-state index in [4.69, 9.17) is 6.57 Å². The molecule has 0 saturated heterocycles. The number of aryl methyl sites for hydroxylation is 2. The maximum absolute atomic E-state index is 12.2. The molecular formula is C20H26N8O. The largest absolute Gasteiger partial charge is 0.294 e. The van der Waals surface area contributed by atoms with Crippen LogP contribution < -0.4 is 5.56 Å². The molecule has 0 unspecified atom stereocenters. The number of hydrogen-bond donors (Lipinski definition) is 0. The minimum absolute atomic E-state index is 0.160. The van der Waals surface area contributed by atoms with Crippen molar-refractivity contribution in [1.82, 2.24) is 24.0 Å². The van der Waals surface area contributed by atoms with Crippen molar-refractivity contribution >= 4 is 22.8 Å². The summed E-state index contributed by atoms with van der Waals surface area (Å²) >= 11 is 0. The van der Waals surface area contributed by atoms with Crippen LogP contribution in [0.2, 0.25) is 0 Å². The van der Waals surface area contributed by atoms with Crippen LogP contribution in [0.4, 0.5) is 17.2 Å². The van der Waals surface area contributed by atoms with E-state index in [2.05, 4.69) is 25.3 Å². The van der Waals surface area contributed by atoms with Gasteiger partial charge < -0.3 is 0 Å². The average molecular weight is 394 g/mol. The SMILES string of the molecule is [C-]#[N+]c1c(C(C)(C)C)nn(C)c1N=Nc1c(C(C)(C)C)nn2ccc(=O)n(C)c12. The third-order valence-electron chi connectivity index (χ3n) is 4.64. The first-order valence-electron chi connectivity index (χ1n) is 9.31. The van der Waals surface area contributed by atoms with Crippen LogP contribution in [0.15, 0.2) is 27.3 Å². The van der Waals surface area contributed by atoms with E-state index in [0.29, 0.717) is 34.2 Å². The molecule has 3 heterocycles. The minimum Gasteiger partial charge on any atom is -0.294 e. The summed E-state index contributed by atoms with van der Waals surface area (Å²) in [4.78, 5) is 15.8. The Morgan fingerprint density at radius 3 is 2.17 bits per heavy atom. The predicted octanol–water partition coefficient (Wildman–Crippen LogP) is 4.33. The summed E-state index contributed by atoms with van der Waals surface area (Å²) in [5.41, 5.74) is 2.05. The van der Waals surface area contributed by atoms with Gasteiger partial charge in [-0.1, -0.05) is 41.5 Å². The Morgan fingerprint density at radius 1 is 1.00 bits per heavy atom. The predicted molar refractivity (Wildman–Crippen MR) is 111 cm³/mol. The van der Waals surface area contributed by atoms with E-state index in [-0.39, 0.29) is 16.4 Å². The van der Waals surface area contributed by atoms with Gasteiger partial charge in [-0.15, -0.1) is 10.2 Å². The van der Waals surface area contributed by atoms with Gasteiger partial charge in [-0.2, -0.15) is 10.2 Å². The smallest absolute Gasteiger partial charge is 0.255 e. The zero-order valence-corrected chi connectivity index (χ0v) is 18.1. The van der Waals surface area contributed by atoms with Crippen LogP contribution in [0, 0.1) is 6.57 Å². The standard InChI is InChI=1S/C20H26N8O/c1-19(2,3)15-13(21-7)17(27(9)24-15)23-22-14-16(20(4,5)6)25-28-11-10-12(29)26(8)18(14)28/h10-11H,1-6,8-9H3.